The Morgan fingerprint density at radius 2 is 2.06 bits per heavy atom. The van der Waals surface area contributed by atoms with Crippen LogP contribution in [0, 0.1) is 0 Å². The first kappa shape index (κ1) is 12.4. The summed E-state index contributed by atoms with van der Waals surface area (Å²) in [5.41, 5.74) is 2.48. The number of benzene rings is 1. The van der Waals surface area contributed by atoms with Gasteiger partial charge in [-0.1, -0.05) is 49.1 Å². The molecule has 0 saturated carbocycles. The van der Waals surface area contributed by atoms with Gasteiger partial charge in [-0.15, -0.1) is 0 Å². The molecule has 1 rings (SSSR count). The molecule has 0 spiro atoms. The van der Waals surface area contributed by atoms with Gasteiger partial charge in [0, 0.05) is 12.2 Å². The van der Waals surface area contributed by atoms with Crippen LogP contribution in [0.1, 0.15) is 12.5 Å². The fourth-order valence-electron chi connectivity index (χ4n) is 1.55. The van der Waals surface area contributed by atoms with E-state index in [2.05, 4.69) is 49.7 Å². The predicted octanol–water partition coefficient (Wildman–Crippen LogP) is 2.68. The lowest BCUT2D eigenvalue weighted by Gasteiger charge is -2.21. The second-order valence-corrected chi connectivity index (χ2v) is 3.67. The van der Waals surface area contributed by atoms with Crippen LogP contribution in [0.3, 0.4) is 0 Å². The van der Waals surface area contributed by atoms with Gasteiger partial charge in [0.25, 0.3) is 0 Å². The quantitative estimate of drug-likeness (QED) is 0.534. The normalized spacial score (nSPS) is 11.7. The summed E-state index contributed by atoms with van der Waals surface area (Å²) in [5.74, 6) is 0. The molecule has 2 heteroatoms. The van der Waals surface area contributed by atoms with Crippen LogP contribution in [0.15, 0.2) is 66.9 Å². The summed E-state index contributed by atoms with van der Waals surface area (Å²) in [7, 11) is 2.09. The second kappa shape index (κ2) is 6.73. The summed E-state index contributed by atoms with van der Waals surface area (Å²) in [5, 5.41) is 0. The van der Waals surface area contributed by atoms with Crippen LogP contribution in [-0.2, 0) is 6.54 Å². The Labute approximate surface area is 99.2 Å². The average molecular weight is 211 g/mol. The summed E-state index contributed by atoms with van der Waals surface area (Å²) in [4.78, 5) is 2.21. The first-order valence-electron chi connectivity index (χ1n) is 5.48. The zero-order valence-electron chi connectivity index (χ0n) is 10.1. The Balaban J connectivity index is 2.73. The number of hydrogen-bond acceptors (Lipinski definition) is 1. The summed E-state index contributed by atoms with van der Waals surface area (Å²) in [6, 6.07) is 10.4. The number of rotatable bonds is 5. The molecular formula is C14H18BN. The maximum absolute atomic E-state index is 3.74. The Hall–Kier alpha value is -1.70. The monoisotopic (exact) mass is 211 g/mol. The highest BCUT2D eigenvalue weighted by Gasteiger charge is 2.00. The van der Waals surface area contributed by atoms with Crippen molar-refractivity contribution in [3.63, 3.8) is 0 Å². The molecule has 0 aliphatic carbocycles. The van der Waals surface area contributed by atoms with Crippen molar-refractivity contribution in [3.8, 4) is 0 Å². The molecule has 0 fully saturated rings. The average Bonchev–Trinajstić information content (AvgIpc) is 2.30. The van der Waals surface area contributed by atoms with Crippen molar-refractivity contribution in [2.75, 3.05) is 0 Å². The topological polar surface area (TPSA) is 3.24 Å². The van der Waals surface area contributed by atoms with Gasteiger partial charge in [0.1, 0.15) is 0 Å². The molecule has 0 aliphatic heterocycles. The van der Waals surface area contributed by atoms with Crippen LogP contribution in [0.4, 0.5) is 0 Å². The van der Waals surface area contributed by atoms with Gasteiger partial charge >= 0.3 is 0 Å². The van der Waals surface area contributed by atoms with Crippen molar-refractivity contribution in [3.05, 3.63) is 72.5 Å². The van der Waals surface area contributed by atoms with Crippen LogP contribution >= 0.6 is 0 Å². The highest BCUT2D eigenvalue weighted by Crippen LogP contribution is 2.09. The van der Waals surface area contributed by atoms with E-state index in [1.807, 2.05) is 31.2 Å². The maximum atomic E-state index is 3.74. The zero-order chi connectivity index (χ0) is 11.8. The molecule has 0 bridgehead atoms. The van der Waals surface area contributed by atoms with Crippen molar-refractivity contribution >= 4 is 7.98 Å². The maximum Gasteiger partial charge on any atom is 0.217 e. The molecule has 0 saturated heterocycles. The minimum absolute atomic E-state index is 0.908. The van der Waals surface area contributed by atoms with Crippen molar-refractivity contribution in [2.45, 2.75) is 13.5 Å². The highest BCUT2D eigenvalue weighted by molar-refractivity contribution is 6.05. The van der Waals surface area contributed by atoms with Crippen molar-refractivity contribution in [1.29, 1.82) is 0 Å². The second-order valence-electron chi connectivity index (χ2n) is 3.67. The lowest BCUT2D eigenvalue weighted by Crippen LogP contribution is -2.17. The molecular weight excluding hydrogens is 193 g/mol. The first-order valence-corrected chi connectivity index (χ1v) is 5.48. The molecule has 16 heavy (non-hydrogen) atoms. The summed E-state index contributed by atoms with van der Waals surface area (Å²) >= 11 is 0. The Morgan fingerprint density at radius 3 is 2.62 bits per heavy atom. The van der Waals surface area contributed by atoms with Crippen molar-refractivity contribution in [1.82, 2.24) is 4.81 Å². The zero-order valence-corrected chi connectivity index (χ0v) is 10.1. The number of nitrogens with zero attached hydrogens (tertiary/aromatic N) is 1. The third-order valence-electron chi connectivity index (χ3n) is 2.33. The molecule has 0 aromatic heterocycles. The van der Waals surface area contributed by atoms with E-state index in [-0.39, 0.29) is 0 Å². The van der Waals surface area contributed by atoms with Crippen LogP contribution < -0.4 is 0 Å². The molecule has 0 unspecified atom stereocenters. The Bertz CT molecular complexity index is 379. The fourth-order valence-corrected chi connectivity index (χ4v) is 1.55. The van der Waals surface area contributed by atoms with Gasteiger partial charge in [0.2, 0.25) is 7.98 Å². The van der Waals surface area contributed by atoms with Crippen LogP contribution in [0.25, 0.3) is 0 Å². The number of hydrogen-bond donors (Lipinski definition) is 0. The van der Waals surface area contributed by atoms with E-state index in [1.54, 1.807) is 0 Å². The van der Waals surface area contributed by atoms with Crippen molar-refractivity contribution < 1.29 is 0 Å². The molecule has 0 atom stereocenters. The van der Waals surface area contributed by atoms with E-state index in [0.717, 1.165) is 6.54 Å². The van der Waals surface area contributed by atoms with E-state index in [4.69, 9.17) is 0 Å². The van der Waals surface area contributed by atoms with Gasteiger partial charge < -0.3 is 4.81 Å². The minimum atomic E-state index is 0.908. The van der Waals surface area contributed by atoms with Gasteiger partial charge in [0.15, 0.2) is 0 Å². The molecule has 0 aliphatic rings. The molecule has 1 aromatic carbocycles. The Morgan fingerprint density at radius 1 is 1.38 bits per heavy atom. The lowest BCUT2D eigenvalue weighted by atomic mass is 10.1. The van der Waals surface area contributed by atoms with Gasteiger partial charge in [-0.05, 0) is 24.6 Å². The predicted molar refractivity (Wildman–Crippen MR) is 73.6 cm³/mol. The molecule has 0 amide bonds. The van der Waals surface area contributed by atoms with Crippen LogP contribution in [0.2, 0.25) is 0 Å². The van der Waals surface area contributed by atoms with E-state index >= 15 is 0 Å². The molecule has 1 nitrogen and oxygen atoms in total. The van der Waals surface area contributed by atoms with Gasteiger partial charge in [-0.3, -0.25) is 0 Å². The third-order valence-corrected chi connectivity index (χ3v) is 2.33. The summed E-state index contributed by atoms with van der Waals surface area (Å²) in [6.07, 6.45) is 7.96. The minimum Gasteiger partial charge on any atom is -0.418 e. The molecule has 82 valence electrons. The molecule has 1 aromatic rings. The van der Waals surface area contributed by atoms with Gasteiger partial charge in [0.05, 0.1) is 0 Å². The molecule has 0 radical (unpaired) electrons. The van der Waals surface area contributed by atoms with Gasteiger partial charge in [-0.2, -0.15) is 0 Å². The van der Waals surface area contributed by atoms with E-state index < -0.39 is 0 Å². The fraction of sp³-hybridized carbons (Fsp3) is 0.143. The summed E-state index contributed by atoms with van der Waals surface area (Å²) in [6.45, 7) is 6.66. The van der Waals surface area contributed by atoms with E-state index in [0.29, 0.717) is 0 Å². The van der Waals surface area contributed by atoms with Gasteiger partial charge in [-0.25, -0.2) is 0 Å². The molecule has 0 heterocycles. The molecule has 0 N–H and O–H groups in total. The number of allylic oxidation sites excluding steroid dienone is 4. The van der Waals surface area contributed by atoms with Crippen LogP contribution in [-0.4, -0.2) is 12.8 Å². The first-order chi connectivity index (χ1) is 7.77. The van der Waals surface area contributed by atoms with Crippen molar-refractivity contribution in [2.24, 2.45) is 0 Å². The van der Waals surface area contributed by atoms with E-state index in [1.165, 1.54) is 11.3 Å². The third kappa shape index (κ3) is 3.81. The highest BCUT2D eigenvalue weighted by atomic mass is 15.0. The lowest BCUT2D eigenvalue weighted by molar-refractivity contribution is 0.566. The SMILES string of the molecule is BN(Cc1ccccc1)C(/C=C\C)=C/C=C. The summed E-state index contributed by atoms with van der Waals surface area (Å²) < 4.78 is 0. The smallest absolute Gasteiger partial charge is 0.217 e. The standard InChI is InChI=1S/C14H18BN/c1-3-8-14(9-4-2)16(15)12-13-10-6-5-7-11-13/h3-11H,1,12,15H2,2H3/b9-4-,14-8+. The largest absolute Gasteiger partial charge is 0.418 e. The Kier molecular flexibility index (Phi) is 5.20. The van der Waals surface area contributed by atoms with E-state index in [9.17, 15) is 0 Å². The van der Waals surface area contributed by atoms with Crippen LogP contribution in [0.5, 0.6) is 0 Å².